The van der Waals surface area contributed by atoms with Gasteiger partial charge in [0.25, 0.3) is 0 Å². The van der Waals surface area contributed by atoms with Crippen molar-refractivity contribution in [1.82, 2.24) is 15.2 Å². The number of carbonyl (C=O) groups is 1. The number of hydrogen-bond donors (Lipinski definition) is 1. The molecule has 0 bridgehead atoms. The Morgan fingerprint density at radius 1 is 1.26 bits per heavy atom. The van der Waals surface area contributed by atoms with Gasteiger partial charge >= 0.3 is 0 Å². The number of ether oxygens (including phenoxy) is 1. The third kappa shape index (κ3) is 5.30. The van der Waals surface area contributed by atoms with E-state index >= 15 is 0 Å². The number of rotatable bonds is 7. The van der Waals surface area contributed by atoms with Crippen LogP contribution in [0.1, 0.15) is 30.9 Å². The zero-order valence-corrected chi connectivity index (χ0v) is 16.2. The first-order valence-electron chi connectivity index (χ1n) is 9.70. The summed E-state index contributed by atoms with van der Waals surface area (Å²) in [5.41, 5.74) is 2.30. The summed E-state index contributed by atoms with van der Waals surface area (Å²) in [5.74, 6) is 1.51. The predicted molar refractivity (Wildman–Crippen MR) is 107 cm³/mol. The van der Waals surface area contributed by atoms with E-state index in [1.54, 1.807) is 19.5 Å². The molecule has 144 valence electrons. The summed E-state index contributed by atoms with van der Waals surface area (Å²) in [4.78, 5) is 19.0. The van der Waals surface area contributed by atoms with Gasteiger partial charge in [0.15, 0.2) is 0 Å². The molecule has 0 radical (unpaired) electrons. The average Bonchev–Trinajstić information content (AvgIpc) is 2.73. The molecule has 1 unspecified atom stereocenters. The van der Waals surface area contributed by atoms with Crippen LogP contribution in [0.5, 0.6) is 5.75 Å². The molecule has 1 N–H and O–H groups in total. The lowest BCUT2D eigenvalue weighted by Crippen LogP contribution is -2.48. The molecule has 0 saturated carbocycles. The molecule has 1 atom stereocenters. The number of carbonyl (C=O) groups excluding carboxylic acids is 1. The summed E-state index contributed by atoms with van der Waals surface area (Å²) < 4.78 is 5.31. The van der Waals surface area contributed by atoms with Gasteiger partial charge in [0.2, 0.25) is 5.91 Å². The Bertz CT molecular complexity index is 727. The molecule has 2 heterocycles. The average molecular weight is 367 g/mol. The summed E-state index contributed by atoms with van der Waals surface area (Å²) >= 11 is 0. The van der Waals surface area contributed by atoms with Crippen molar-refractivity contribution in [2.45, 2.75) is 38.8 Å². The zero-order chi connectivity index (χ0) is 19.1. The number of benzene rings is 1. The number of likely N-dealkylation sites (tertiary alicyclic amines) is 1. The minimum Gasteiger partial charge on any atom is -0.496 e. The summed E-state index contributed by atoms with van der Waals surface area (Å²) in [7, 11) is 1.63. The van der Waals surface area contributed by atoms with Gasteiger partial charge in [0, 0.05) is 24.5 Å². The number of nitrogens with one attached hydrogen (secondary N) is 1. The SMILES string of the molecule is COc1ccncc1CNC(=O)C(C)N1CCC(Cc2ccccc2)CC1. The molecule has 1 aromatic heterocycles. The van der Waals surface area contributed by atoms with Gasteiger partial charge in [-0.2, -0.15) is 0 Å². The van der Waals surface area contributed by atoms with E-state index in [-0.39, 0.29) is 11.9 Å². The van der Waals surface area contributed by atoms with Crippen LogP contribution in [0.2, 0.25) is 0 Å². The van der Waals surface area contributed by atoms with E-state index in [9.17, 15) is 4.79 Å². The fraction of sp³-hybridized carbons (Fsp3) is 0.455. The molecule has 5 heteroatoms. The molecule has 1 aromatic carbocycles. The van der Waals surface area contributed by atoms with Crippen molar-refractivity contribution >= 4 is 5.91 Å². The first kappa shape index (κ1) is 19.4. The largest absolute Gasteiger partial charge is 0.496 e. The van der Waals surface area contributed by atoms with E-state index < -0.39 is 0 Å². The molecule has 5 nitrogen and oxygen atoms in total. The Morgan fingerprint density at radius 3 is 2.70 bits per heavy atom. The van der Waals surface area contributed by atoms with Crippen molar-refractivity contribution in [1.29, 1.82) is 0 Å². The quantitative estimate of drug-likeness (QED) is 0.817. The molecule has 1 aliphatic rings. The first-order valence-corrected chi connectivity index (χ1v) is 9.70. The van der Waals surface area contributed by atoms with Crippen LogP contribution in [-0.2, 0) is 17.8 Å². The van der Waals surface area contributed by atoms with Gasteiger partial charge in [-0.15, -0.1) is 0 Å². The van der Waals surface area contributed by atoms with Crippen molar-refractivity contribution in [2.24, 2.45) is 5.92 Å². The van der Waals surface area contributed by atoms with E-state index in [4.69, 9.17) is 4.74 Å². The minimum atomic E-state index is -0.120. The molecule has 1 aliphatic heterocycles. The van der Waals surface area contributed by atoms with Gasteiger partial charge in [-0.05, 0) is 56.8 Å². The molecular weight excluding hydrogens is 338 g/mol. The molecular formula is C22H29N3O2. The van der Waals surface area contributed by atoms with E-state index in [1.165, 1.54) is 5.56 Å². The second kappa shape index (κ2) is 9.51. The van der Waals surface area contributed by atoms with Gasteiger partial charge < -0.3 is 10.1 Å². The Labute approximate surface area is 161 Å². The molecule has 3 rings (SSSR count). The first-order chi connectivity index (χ1) is 13.2. The Hall–Kier alpha value is -2.40. The highest BCUT2D eigenvalue weighted by atomic mass is 16.5. The second-order valence-corrected chi connectivity index (χ2v) is 7.25. The highest BCUT2D eigenvalue weighted by Crippen LogP contribution is 2.23. The van der Waals surface area contributed by atoms with Crippen LogP contribution in [0.25, 0.3) is 0 Å². The molecule has 27 heavy (non-hydrogen) atoms. The van der Waals surface area contributed by atoms with Crippen molar-refractivity contribution in [3.8, 4) is 5.75 Å². The topological polar surface area (TPSA) is 54.5 Å². The van der Waals surface area contributed by atoms with Gasteiger partial charge in [-0.1, -0.05) is 30.3 Å². The number of amides is 1. The van der Waals surface area contributed by atoms with Crippen LogP contribution in [0.4, 0.5) is 0 Å². The maximum Gasteiger partial charge on any atom is 0.237 e. The van der Waals surface area contributed by atoms with Gasteiger partial charge in [-0.3, -0.25) is 14.7 Å². The molecule has 2 aromatic rings. The molecule has 1 fully saturated rings. The summed E-state index contributed by atoms with van der Waals surface area (Å²) in [5, 5.41) is 3.02. The standard InChI is InChI=1S/C22H29N3O2/c1-17(22(26)24-16-20-15-23-11-8-21(20)27-2)25-12-9-19(10-13-25)14-18-6-4-3-5-7-18/h3-8,11,15,17,19H,9-10,12-14,16H2,1-2H3,(H,24,26). The number of nitrogens with zero attached hydrogens (tertiary/aromatic N) is 2. The number of pyridine rings is 1. The Kier molecular flexibility index (Phi) is 6.82. The van der Waals surface area contributed by atoms with Crippen molar-refractivity contribution < 1.29 is 9.53 Å². The van der Waals surface area contributed by atoms with Gasteiger partial charge in [0.05, 0.1) is 13.2 Å². The number of piperidine rings is 1. The summed E-state index contributed by atoms with van der Waals surface area (Å²) in [6.07, 6.45) is 6.84. The van der Waals surface area contributed by atoms with Gasteiger partial charge in [-0.25, -0.2) is 0 Å². The molecule has 0 spiro atoms. The van der Waals surface area contributed by atoms with Crippen molar-refractivity contribution in [3.63, 3.8) is 0 Å². The van der Waals surface area contributed by atoms with Crippen molar-refractivity contribution in [3.05, 3.63) is 59.9 Å². The lowest BCUT2D eigenvalue weighted by atomic mass is 9.89. The maximum atomic E-state index is 12.6. The maximum absolute atomic E-state index is 12.6. The van der Waals surface area contributed by atoms with Gasteiger partial charge in [0.1, 0.15) is 5.75 Å². The Balaban J connectivity index is 1.45. The van der Waals surface area contributed by atoms with Crippen LogP contribution in [0.3, 0.4) is 0 Å². The lowest BCUT2D eigenvalue weighted by molar-refractivity contribution is -0.126. The molecule has 1 amide bonds. The highest BCUT2D eigenvalue weighted by Gasteiger charge is 2.26. The lowest BCUT2D eigenvalue weighted by Gasteiger charge is -2.35. The van der Waals surface area contributed by atoms with Crippen LogP contribution < -0.4 is 10.1 Å². The smallest absolute Gasteiger partial charge is 0.237 e. The van der Waals surface area contributed by atoms with E-state index in [0.29, 0.717) is 12.5 Å². The third-order valence-corrected chi connectivity index (χ3v) is 5.48. The zero-order valence-electron chi connectivity index (χ0n) is 16.2. The molecule has 1 saturated heterocycles. The molecule has 0 aliphatic carbocycles. The van der Waals surface area contributed by atoms with E-state index in [1.807, 2.05) is 13.0 Å². The van der Waals surface area contributed by atoms with Crippen LogP contribution >= 0.6 is 0 Å². The summed E-state index contributed by atoms with van der Waals surface area (Å²) in [6.45, 7) is 4.38. The minimum absolute atomic E-state index is 0.0578. The van der Waals surface area contributed by atoms with Crippen LogP contribution in [0, 0.1) is 5.92 Å². The second-order valence-electron chi connectivity index (χ2n) is 7.25. The third-order valence-electron chi connectivity index (χ3n) is 5.48. The highest BCUT2D eigenvalue weighted by molar-refractivity contribution is 5.81. The fourth-order valence-electron chi connectivity index (χ4n) is 3.73. The Morgan fingerprint density at radius 2 is 2.00 bits per heavy atom. The van der Waals surface area contributed by atoms with E-state index in [0.717, 1.165) is 43.7 Å². The number of hydrogen-bond acceptors (Lipinski definition) is 4. The summed E-state index contributed by atoms with van der Waals surface area (Å²) in [6, 6.07) is 12.4. The van der Waals surface area contributed by atoms with Crippen LogP contribution in [0.15, 0.2) is 48.8 Å². The normalized spacial score (nSPS) is 16.7. The number of aromatic nitrogens is 1. The monoisotopic (exact) mass is 367 g/mol. The van der Waals surface area contributed by atoms with Crippen LogP contribution in [-0.4, -0.2) is 42.0 Å². The number of methoxy groups -OCH3 is 1. The predicted octanol–water partition coefficient (Wildman–Crippen LogP) is 3.05. The van der Waals surface area contributed by atoms with Crippen molar-refractivity contribution in [2.75, 3.05) is 20.2 Å². The fourth-order valence-corrected chi connectivity index (χ4v) is 3.73. The van der Waals surface area contributed by atoms with E-state index in [2.05, 4.69) is 45.5 Å².